The van der Waals surface area contributed by atoms with Gasteiger partial charge in [-0.2, -0.15) is 0 Å². The molecule has 2 rings (SSSR count). The SMILES string of the molecule is CCNCC1(Cc2ccc(F)cc2Cl)CCOCC1. The fourth-order valence-corrected chi connectivity index (χ4v) is 2.91. The van der Waals surface area contributed by atoms with Gasteiger partial charge in [-0.1, -0.05) is 24.6 Å². The fourth-order valence-electron chi connectivity index (χ4n) is 2.68. The first-order valence-corrected chi connectivity index (χ1v) is 7.25. The zero-order chi connectivity index (χ0) is 13.7. The van der Waals surface area contributed by atoms with E-state index < -0.39 is 0 Å². The Kier molecular flexibility index (Phi) is 5.20. The summed E-state index contributed by atoms with van der Waals surface area (Å²) < 4.78 is 18.6. The second-order valence-electron chi connectivity index (χ2n) is 5.31. The van der Waals surface area contributed by atoms with Crippen LogP contribution in [0.15, 0.2) is 18.2 Å². The van der Waals surface area contributed by atoms with Gasteiger partial charge in [-0.05, 0) is 48.9 Å². The second kappa shape index (κ2) is 6.69. The molecule has 0 spiro atoms. The van der Waals surface area contributed by atoms with Crippen molar-refractivity contribution >= 4 is 11.6 Å². The maximum atomic E-state index is 13.1. The molecule has 1 N–H and O–H groups in total. The molecule has 1 aromatic carbocycles. The molecule has 1 fully saturated rings. The molecule has 0 amide bonds. The van der Waals surface area contributed by atoms with Gasteiger partial charge in [0, 0.05) is 24.8 Å². The summed E-state index contributed by atoms with van der Waals surface area (Å²) in [4.78, 5) is 0. The van der Waals surface area contributed by atoms with Crippen LogP contribution in [0.3, 0.4) is 0 Å². The van der Waals surface area contributed by atoms with Crippen molar-refractivity contribution < 1.29 is 9.13 Å². The van der Waals surface area contributed by atoms with Crippen LogP contribution in [0.25, 0.3) is 0 Å². The third-order valence-corrected chi connectivity index (χ3v) is 4.24. The van der Waals surface area contributed by atoms with Crippen LogP contribution in [-0.2, 0) is 11.2 Å². The summed E-state index contributed by atoms with van der Waals surface area (Å²) in [6.07, 6.45) is 2.92. The summed E-state index contributed by atoms with van der Waals surface area (Å²) >= 11 is 6.15. The first kappa shape index (κ1) is 14.8. The Morgan fingerprint density at radius 1 is 1.37 bits per heavy atom. The van der Waals surface area contributed by atoms with E-state index >= 15 is 0 Å². The van der Waals surface area contributed by atoms with Crippen molar-refractivity contribution in [2.45, 2.75) is 26.2 Å². The zero-order valence-corrected chi connectivity index (χ0v) is 12.1. The molecular formula is C15H21ClFNO. The highest BCUT2D eigenvalue weighted by molar-refractivity contribution is 6.31. The molecule has 1 heterocycles. The Morgan fingerprint density at radius 2 is 2.11 bits per heavy atom. The standard InChI is InChI=1S/C15H21ClFNO/c1-2-18-11-15(5-7-19-8-6-15)10-12-3-4-13(17)9-14(12)16/h3-4,9,18H,2,5-8,10-11H2,1H3. The van der Waals surface area contributed by atoms with Crippen molar-refractivity contribution in [1.82, 2.24) is 5.32 Å². The Bertz CT molecular complexity index is 419. The third kappa shape index (κ3) is 3.91. The van der Waals surface area contributed by atoms with E-state index in [9.17, 15) is 4.39 Å². The molecule has 0 radical (unpaired) electrons. The molecule has 106 valence electrons. The summed E-state index contributed by atoms with van der Waals surface area (Å²) in [5, 5.41) is 3.97. The normalized spacial score (nSPS) is 18.5. The molecule has 0 aliphatic carbocycles. The predicted octanol–water partition coefficient (Wildman–Crippen LogP) is 3.43. The topological polar surface area (TPSA) is 21.3 Å². The van der Waals surface area contributed by atoms with Gasteiger partial charge in [0.2, 0.25) is 0 Å². The zero-order valence-electron chi connectivity index (χ0n) is 11.3. The highest BCUT2D eigenvalue weighted by atomic mass is 35.5. The van der Waals surface area contributed by atoms with Crippen LogP contribution in [0.2, 0.25) is 5.02 Å². The Labute approximate surface area is 119 Å². The monoisotopic (exact) mass is 285 g/mol. The molecule has 0 aromatic heterocycles. The van der Waals surface area contributed by atoms with Crippen molar-refractivity contribution in [3.63, 3.8) is 0 Å². The van der Waals surface area contributed by atoms with Crippen LogP contribution in [0.4, 0.5) is 4.39 Å². The minimum Gasteiger partial charge on any atom is -0.381 e. The molecule has 19 heavy (non-hydrogen) atoms. The third-order valence-electron chi connectivity index (χ3n) is 3.88. The molecule has 1 saturated heterocycles. The largest absolute Gasteiger partial charge is 0.381 e. The summed E-state index contributed by atoms with van der Waals surface area (Å²) in [7, 11) is 0. The quantitative estimate of drug-likeness (QED) is 0.895. The molecule has 0 atom stereocenters. The highest BCUT2D eigenvalue weighted by Crippen LogP contribution is 2.35. The Hall–Kier alpha value is -0.640. The van der Waals surface area contributed by atoms with E-state index in [4.69, 9.17) is 16.3 Å². The van der Waals surface area contributed by atoms with E-state index in [0.29, 0.717) is 5.02 Å². The van der Waals surface area contributed by atoms with Crippen LogP contribution in [0.5, 0.6) is 0 Å². The van der Waals surface area contributed by atoms with Crippen molar-refractivity contribution in [2.24, 2.45) is 5.41 Å². The average Bonchev–Trinajstić information content (AvgIpc) is 2.41. The number of rotatable bonds is 5. The minimum absolute atomic E-state index is 0.176. The van der Waals surface area contributed by atoms with Gasteiger partial charge < -0.3 is 10.1 Å². The number of benzene rings is 1. The van der Waals surface area contributed by atoms with Gasteiger partial charge >= 0.3 is 0 Å². The Balaban J connectivity index is 2.14. The van der Waals surface area contributed by atoms with E-state index in [0.717, 1.165) is 51.1 Å². The van der Waals surface area contributed by atoms with Gasteiger partial charge in [0.15, 0.2) is 0 Å². The van der Waals surface area contributed by atoms with Crippen molar-refractivity contribution in [3.05, 3.63) is 34.6 Å². The molecule has 2 nitrogen and oxygen atoms in total. The lowest BCUT2D eigenvalue weighted by Gasteiger charge is -2.38. The number of ether oxygens (including phenoxy) is 1. The van der Waals surface area contributed by atoms with Crippen molar-refractivity contribution in [1.29, 1.82) is 0 Å². The van der Waals surface area contributed by atoms with Crippen LogP contribution in [-0.4, -0.2) is 26.3 Å². The van der Waals surface area contributed by atoms with E-state index in [1.807, 2.05) is 0 Å². The smallest absolute Gasteiger partial charge is 0.124 e. The summed E-state index contributed by atoms with van der Waals surface area (Å²) in [6.45, 7) is 5.62. The molecule has 0 bridgehead atoms. The van der Waals surface area contributed by atoms with Crippen molar-refractivity contribution in [3.8, 4) is 0 Å². The van der Waals surface area contributed by atoms with Crippen molar-refractivity contribution in [2.75, 3.05) is 26.3 Å². The molecule has 1 aliphatic heterocycles. The predicted molar refractivity (Wildman–Crippen MR) is 76.1 cm³/mol. The summed E-state index contributed by atoms with van der Waals surface area (Å²) in [5.41, 5.74) is 1.21. The van der Waals surface area contributed by atoms with Crippen LogP contribution in [0.1, 0.15) is 25.3 Å². The van der Waals surface area contributed by atoms with Gasteiger partial charge in [0.05, 0.1) is 0 Å². The highest BCUT2D eigenvalue weighted by Gasteiger charge is 2.32. The van der Waals surface area contributed by atoms with E-state index in [-0.39, 0.29) is 11.2 Å². The van der Waals surface area contributed by atoms with Gasteiger partial charge in [0.25, 0.3) is 0 Å². The lowest BCUT2D eigenvalue weighted by molar-refractivity contribution is 0.0152. The van der Waals surface area contributed by atoms with Gasteiger partial charge in [-0.15, -0.1) is 0 Å². The van der Waals surface area contributed by atoms with Gasteiger partial charge in [-0.25, -0.2) is 4.39 Å². The summed E-state index contributed by atoms with van der Waals surface area (Å²) in [5.74, 6) is -0.276. The average molecular weight is 286 g/mol. The second-order valence-corrected chi connectivity index (χ2v) is 5.71. The number of nitrogens with one attached hydrogen (secondary N) is 1. The van der Waals surface area contributed by atoms with Crippen LogP contribution < -0.4 is 5.32 Å². The van der Waals surface area contributed by atoms with E-state index in [2.05, 4.69) is 12.2 Å². The van der Waals surface area contributed by atoms with Gasteiger partial charge in [0.1, 0.15) is 5.82 Å². The molecular weight excluding hydrogens is 265 g/mol. The molecule has 4 heteroatoms. The lowest BCUT2D eigenvalue weighted by Crippen LogP contribution is -2.40. The molecule has 1 aliphatic rings. The molecule has 0 saturated carbocycles. The van der Waals surface area contributed by atoms with Gasteiger partial charge in [-0.3, -0.25) is 0 Å². The van der Waals surface area contributed by atoms with Crippen LogP contribution in [0, 0.1) is 11.2 Å². The molecule has 0 unspecified atom stereocenters. The number of hydrogen-bond donors (Lipinski definition) is 1. The first-order chi connectivity index (χ1) is 9.15. The summed E-state index contributed by atoms with van der Waals surface area (Å²) in [6, 6.07) is 4.69. The maximum absolute atomic E-state index is 13.1. The number of hydrogen-bond acceptors (Lipinski definition) is 2. The minimum atomic E-state index is -0.276. The van der Waals surface area contributed by atoms with Crippen LogP contribution >= 0.6 is 11.6 Å². The first-order valence-electron chi connectivity index (χ1n) is 6.88. The van der Waals surface area contributed by atoms with E-state index in [1.165, 1.54) is 12.1 Å². The van der Waals surface area contributed by atoms with E-state index in [1.54, 1.807) is 6.07 Å². The lowest BCUT2D eigenvalue weighted by atomic mass is 9.75. The number of halogens is 2. The Morgan fingerprint density at radius 3 is 2.74 bits per heavy atom. The maximum Gasteiger partial charge on any atom is 0.124 e. The molecule has 1 aromatic rings. The fraction of sp³-hybridized carbons (Fsp3) is 0.600.